The highest BCUT2D eigenvalue weighted by Gasteiger charge is 2.54. The Balaban J connectivity index is 1.38. The quantitative estimate of drug-likeness (QED) is 0.0199. The van der Waals surface area contributed by atoms with Gasteiger partial charge in [0.25, 0.3) is 0 Å². The molecule has 3 heterocycles. The van der Waals surface area contributed by atoms with Crippen molar-refractivity contribution in [3.8, 4) is 0 Å². The summed E-state index contributed by atoms with van der Waals surface area (Å²) in [5, 5.41) is 121. The molecule has 113 heavy (non-hydrogen) atoms. The second-order valence-corrected chi connectivity index (χ2v) is 30.6. The molecule has 3 saturated heterocycles. The van der Waals surface area contributed by atoms with Gasteiger partial charge >= 0.3 is 0 Å². The molecule has 0 bridgehead atoms. The molecule has 0 radical (unpaired) electrons. The van der Waals surface area contributed by atoms with Crippen LogP contribution in [0.4, 0.5) is 0 Å². The van der Waals surface area contributed by atoms with Gasteiger partial charge in [-0.1, -0.05) is 326 Å². The van der Waals surface area contributed by atoms with Crippen LogP contribution in [-0.2, 0) is 33.2 Å². The van der Waals surface area contributed by atoms with Crippen LogP contribution < -0.4 is 5.32 Å². The predicted octanol–water partition coefficient (Wildman–Crippen LogP) is 16.7. The SMILES string of the molecule is CC/C=C\C/C=C\C/C=C\C/C=C\C/C=C\C/C=C\C/C=C\C/C=C\C/C=C\C/C=C\CCCCCCC(=O)NC(COC1OC(CO)C(OC2OC(CO)C(OC3OC(CO)C(O)C(O)C3O)C(O)C2O)C(O)C1O)C(O)/C=C/CC/C=C/CC/C=C/CCCCCCCCCCCCCCCCCCCCCCCCC. The molecule has 0 saturated carbocycles. The molecule has 3 aliphatic heterocycles. The molecule has 3 aliphatic rings. The molecule has 3 fully saturated rings. The van der Waals surface area contributed by atoms with Crippen molar-refractivity contribution in [2.75, 3.05) is 26.4 Å². The summed E-state index contributed by atoms with van der Waals surface area (Å²) in [5.74, 6) is -0.318. The van der Waals surface area contributed by atoms with Gasteiger partial charge in [0.1, 0.15) is 73.2 Å². The summed E-state index contributed by atoms with van der Waals surface area (Å²) in [5.41, 5.74) is 0. The third-order valence-electron chi connectivity index (χ3n) is 20.8. The van der Waals surface area contributed by atoms with Gasteiger partial charge < -0.3 is 89.9 Å². The first-order chi connectivity index (χ1) is 55.3. The molecule has 0 aromatic heterocycles. The van der Waals surface area contributed by atoms with E-state index in [4.69, 9.17) is 28.4 Å². The lowest BCUT2D eigenvalue weighted by atomic mass is 9.96. The third kappa shape index (κ3) is 50.1. The van der Waals surface area contributed by atoms with E-state index in [2.05, 4.69) is 165 Å². The van der Waals surface area contributed by atoms with E-state index >= 15 is 0 Å². The van der Waals surface area contributed by atoms with Gasteiger partial charge in [-0.25, -0.2) is 0 Å². The van der Waals surface area contributed by atoms with Gasteiger partial charge in [-0.3, -0.25) is 4.79 Å². The lowest BCUT2D eigenvalue weighted by molar-refractivity contribution is -0.379. The molecule has 19 nitrogen and oxygen atoms in total. The first kappa shape index (κ1) is 103. The van der Waals surface area contributed by atoms with E-state index in [9.17, 15) is 61.0 Å². The molecule has 12 N–H and O–H groups in total. The second-order valence-electron chi connectivity index (χ2n) is 30.6. The average Bonchev–Trinajstić information content (AvgIpc) is 0.780. The van der Waals surface area contributed by atoms with Gasteiger partial charge in [-0.05, 0) is 122 Å². The van der Waals surface area contributed by atoms with Crippen molar-refractivity contribution in [1.29, 1.82) is 0 Å². The van der Waals surface area contributed by atoms with E-state index in [-0.39, 0.29) is 12.3 Å². The summed E-state index contributed by atoms with van der Waals surface area (Å²) in [4.78, 5) is 13.5. The predicted molar refractivity (Wildman–Crippen MR) is 456 cm³/mol. The fourth-order valence-electron chi connectivity index (χ4n) is 13.8. The smallest absolute Gasteiger partial charge is 0.220 e. The monoisotopic (exact) mass is 1590 g/mol. The number of amides is 1. The van der Waals surface area contributed by atoms with Crippen molar-refractivity contribution in [1.82, 2.24) is 5.32 Å². The van der Waals surface area contributed by atoms with Crippen LogP contribution in [0.5, 0.6) is 0 Å². The molecule has 3 rings (SSSR count). The van der Waals surface area contributed by atoms with Crippen molar-refractivity contribution in [2.45, 2.75) is 401 Å². The number of unbranched alkanes of at least 4 members (excludes halogenated alkanes) is 29. The Morgan fingerprint density at radius 1 is 0.327 bits per heavy atom. The van der Waals surface area contributed by atoms with Crippen LogP contribution in [0.1, 0.15) is 296 Å². The fraction of sp³-hybridized carbons (Fsp3) is 0.713. The first-order valence-corrected chi connectivity index (χ1v) is 44.2. The van der Waals surface area contributed by atoms with Crippen molar-refractivity contribution >= 4 is 5.91 Å². The highest BCUT2D eigenvalue weighted by atomic mass is 16.8. The van der Waals surface area contributed by atoms with E-state index in [1.54, 1.807) is 6.08 Å². The maximum Gasteiger partial charge on any atom is 0.220 e. The number of aliphatic hydroxyl groups excluding tert-OH is 11. The largest absolute Gasteiger partial charge is 0.394 e. The maximum atomic E-state index is 13.5. The standard InChI is InChI=1S/C94H157NO18/c1-3-5-7-9-11-13-15-17-19-21-23-25-27-29-31-33-35-37-38-40-42-44-46-48-50-52-54-56-58-60-62-64-66-68-70-72-82(100)95-77(78(99)71-69-67-65-63-61-59-57-55-53-51-49-47-45-43-41-39-36-34-32-30-28-26-24-22-20-18-16-14-12-10-8-6-4-2)76-108-92-88(106)85(103)90(80(74-97)110-92)113-94-89(107)86(104)91(81(75-98)111-94)112-93-87(105)84(102)83(101)79(73-96)109-93/h5,7,11,13,17,19,23,25,29,31,35,37,40,42,46,48,52-55,58,60-61,63,69,71,77-81,83-94,96-99,101-107H,3-4,6,8-10,12,14-16,18,20-22,24,26-28,30,32-34,36,38-39,41,43-45,47,49-51,56-57,59,62,64-68,70,72-76H2,1-2H3,(H,95,100)/b7-5-,13-11-,19-17-,25-23-,31-29-,37-35-,42-40-,48-46-,54-52-,55-53+,60-58-,63-61+,71-69+. The molecule has 1 amide bonds. The summed E-state index contributed by atoms with van der Waals surface area (Å²) in [6, 6.07) is -1.03. The molecule has 0 aromatic rings. The Kier molecular flexibility index (Phi) is 64.9. The number of ether oxygens (including phenoxy) is 6. The van der Waals surface area contributed by atoms with E-state index in [0.29, 0.717) is 12.8 Å². The van der Waals surface area contributed by atoms with Crippen LogP contribution in [-0.4, -0.2) is 193 Å². The lowest BCUT2D eigenvalue weighted by Crippen LogP contribution is -2.66. The second kappa shape index (κ2) is 71.5. The zero-order valence-corrected chi connectivity index (χ0v) is 69.5. The zero-order chi connectivity index (χ0) is 81.7. The van der Waals surface area contributed by atoms with Crippen LogP contribution in [0.3, 0.4) is 0 Å². The number of aliphatic hydroxyl groups is 11. The number of nitrogens with one attached hydrogen (secondary N) is 1. The number of hydrogen-bond acceptors (Lipinski definition) is 18. The Morgan fingerprint density at radius 2 is 0.619 bits per heavy atom. The Hall–Kier alpha value is -4.59. The summed E-state index contributed by atoms with van der Waals surface area (Å²) >= 11 is 0. The molecule has 0 spiro atoms. The van der Waals surface area contributed by atoms with Gasteiger partial charge in [-0.2, -0.15) is 0 Å². The van der Waals surface area contributed by atoms with Gasteiger partial charge in [0, 0.05) is 6.42 Å². The third-order valence-corrected chi connectivity index (χ3v) is 20.8. The minimum Gasteiger partial charge on any atom is -0.394 e. The number of carbonyl (C=O) groups excluding carboxylic acids is 1. The molecule has 19 heteroatoms. The average molecular weight is 1590 g/mol. The highest BCUT2D eigenvalue weighted by molar-refractivity contribution is 5.76. The topological polar surface area (TPSA) is 307 Å². The number of hydrogen-bond donors (Lipinski definition) is 12. The van der Waals surface area contributed by atoms with Gasteiger partial charge in [0.15, 0.2) is 18.9 Å². The number of allylic oxidation sites excluding steroid dienone is 25. The summed E-state index contributed by atoms with van der Waals surface area (Å²) in [7, 11) is 0. The van der Waals surface area contributed by atoms with Crippen LogP contribution in [0.25, 0.3) is 0 Å². The maximum absolute atomic E-state index is 13.5. The fourth-order valence-corrected chi connectivity index (χ4v) is 13.8. The van der Waals surface area contributed by atoms with Crippen molar-refractivity contribution < 1.29 is 89.4 Å². The Bertz CT molecular complexity index is 2660. The van der Waals surface area contributed by atoms with Crippen molar-refractivity contribution in [3.05, 3.63) is 158 Å². The van der Waals surface area contributed by atoms with Crippen molar-refractivity contribution in [2.24, 2.45) is 0 Å². The Labute approximate surface area is 682 Å². The minimum atomic E-state index is -2.00. The van der Waals surface area contributed by atoms with Crippen molar-refractivity contribution in [3.63, 3.8) is 0 Å². The van der Waals surface area contributed by atoms with Crippen LogP contribution in [0.15, 0.2) is 158 Å². The molecule has 0 aromatic carbocycles. The normalized spacial score (nSPS) is 25.6. The first-order valence-electron chi connectivity index (χ1n) is 44.2. The minimum absolute atomic E-state index is 0.191. The summed E-state index contributed by atoms with van der Waals surface area (Å²) in [6.07, 6.45) is 79.6. The molecule has 17 unspecified atom stereocenters. The van der Waals surface area contributed by atoms with Crippen LogP contribution in [0, 0.1) is 0 Å². The van der Waals surface area contributed by atoms with Gasteiger partial charge in [-0.15, -0.1) is 0 Å². The van der Waals surface area contributed by atoms with E-state index < -0.39 is 131 Å². The summed E-state index contributed by atoms with van der Waals surface area (Å²) in [6.45, 7) is 1.59. The number of carbonyl (C=O) groups is 1. The van der Waals surface area contributed by atoms with Gasteiger partial charge in [0.05, 0.1) is 38.6 Å². The van der Waals surface area contributed by atoms with Gasteiger partial charge in [0.2, 0.25) is 5.91 Å². The molecular weight excluding hydrogens is 1430 g/mol. The van der Waals surface area contributed by atoms with E-state index in [0.717, 1.165) is 116 Å². The molecule has 17 atom stereocenters. The summed E-state index contributed by atoms with van der Waals surface area (Å²) < 4.78 is 34.4. The zero-order valence-electron chi connectivity index (χ0n) is 69.5. The van der Waals surface area contributed by atoms with Crippen LogP contribution >= 0.6 is 0 Å². The molecule has 0 aliphatic carbocycles. The lowest BCUT2D eigenvalue weighted by Gasteiger charge is -2.48. The number of rotatable bonds is 69. The van der Waals surface area contributed by atoms with E-state index in [1.807, 2.05) is 6.08 Å². The Morgan fingerprint density at radius 3 is 0.991 bits per heavy atom. The molecular formula is C94H157NO18. The van der Waals surface area contributed by atoms with E-state index in [1.165, 1.54) is 148 Å². The van der Waals surface area contributed by atoms with Crippen LogP contribution in [0.2, 0.25) is 0 Å². The molecule has 646 valence electrons. The highest BCUT2D eigenvalue weighted by Crippen LogP contribution is 2.33.